The van der Waals surface area contributed by atoms with E-state index in [1.54, 1.807) is 0 Å². The van der Waals surface area contributed by atoms with Gasteiger partial charge in [0.15, 0.2) is 0 Å². The summed E-state index contributed by atoms with van der Waals surface area (Å²) in [5.41, 5.74) is 0. The van der Waals surface area contributed by atoms with Crippen molar-refractivity contribution in [3.63, 3.8) is 0 Å². The van der Waals surface area contributed by atoms with Gasteiger partial charge in [0.1, 0.15) is 0 Å². The molecule has 0 spiro atoms. The van der Waals surface area contributed by atoms with Crippen molar-refractivity contribution in [3.05, 3.63) is 12.2 Å². The third-order valence-electron chi connectivity index (χ3n) is 2.35. The van der Waals surface area contributed by atoms with Gasteiger partial charge >= 0.3 is 5.97 Å². The Hall–Kier alpha value is -0.790. The van der Waals surface area contributed by atoms with E-state index in [1.807, 2.05) is 13.8 Å². The summed E-state index contributed by atoms with van der Waals surface area (Å²) in [6.45, 7) is 4.27. The first-order valence-electron chi connectivity index (χ1n) is 4.59. The molecule has 1 rings (SSSR count). The van der Waals surface area contributed by atoms with Crippen LogP contribution in [0.3, 0.4) is 0 Å². The van der Waals surface area contributed by atoms with E-state index in [2.05, 4.69) is 12.2 Å². The summed E-state index contributed by atoms with van der Waals surface area (Å²) in [4.78, 5) is 11.3. The van der Waals surface area contributed by atoms with Crippen molar-refractivity contribution < 1.29 is 9.53 Å². The number of rotatable bonds is 3. The van der Waals surface area contributed by atoms with Crippen molar-refractivity contribution in [1.82, 2.24) is 0 Å². The van der Waals surface area contributed by atoms with Crippen molar-refractivity contribution in [2.45, 2.75) is 26.7 Å². The highest BCUT2D eigenvalue weighted by Gasteiger charge is 2.24. The highest BCUT2D eigenvalue weighted by atomic mass is 16.5. The van der Waals surface area contributed by atoms with Crippen LogP contribution in [0.4, 0.5) is 0 Å². The van der Waals surface area contributed by atoms with E-state index in [1.165, 1.54) is 0 Å². The molecule has 1 aliphatic carbocycles. The number of esters is 1. The van der Waals surface area contributed by atoms with Crippen LogP contribution in [0.1, 0.15) is 26.7 Å². The van der Waals surface area contributed by atoms with Gasteiger partial charge in [-0.3, -0.25) is 4.79 Å². The highest BCUT2D eigenvalue weighted by Crippen LogP contribution is 2.25. The first-order chi connectivity index (χ1) is 5.75. The fourth-order valence-electron chi connectivity index (χ4n) is 1.52. The Labute approximate surface area is 73.6 Å². The molecule has 0 amide bonds. The summed E-state index contributed by atoms with van der Waals surface area (Å²) >= 11 is 0. The lowest BCUT2D eigenvalue weighted by atomic mass is 9.94. The van der Waals surface area contributed by atoms with E-state index >= 15 is 0 Å². The van der Waals surface area contributed by atoms with Gasteiger partial charge in [-0.15, -0.1) is 0 Å². The summed E-state index contributed by atoms with van der Waals surface area (Å²) < 4.78 is 4.94. The van der Waals surface area contributed by atoms with Gasteiger partial charge in [0.25, 0.3) is 0 Å². The molecule has 0 fully saturated rings. The molecular formula is C10H16O2. The molecule has 0 saturated heterocycles. The second-order valence-electron chi connectivity index (χ2n) is 3.21. The van der Waals surface area contributed by atoms with Crippen LogP contribution < -0.4 is 0 Å². The van der Waals surface area contributed by atoms with Gasteiger partial charge in [-0.2, -0.15) is 0 Å². The van der Waals surface area contributed by atoms with Gasteiger partial charge in [0, 0.05) is 0 Å². The Balaban J connectivity index is 2.40. The first kappa shape index (κ1) is 9.30. The molecule has 0 radical (unpaired) electrons. The minimum absolute atomic E-state index is 0.0312. The zero-order valence-corrected chi connectivity index (χ0v) is 7.75. The third kappa shape index (κ3) is 2.10. The average molecular weight is 168 g/mol. The van der Waals surface area contributed by atoms with Gasteiger partial charge in [0.2, 0.25) is 0 Å². The molecule has 0 N–H and O–H groups in total. The van der Waals surface area contributed by atoms with Crippen LogP contribution >= 0.6 is 0 Å². The Morgan fingerprint density at radius 1 is 1.75 bits per heavy atom. The van der Waals surface area contributed by atoms with Gasteiger partial charge in [-0.05, 0) is 25.7 Å². The van der Waals surface area contributed by atoms with Crippen molar-refractivity contribution in [1.29, 1.82) is 0 Å². The fourth-order valence-corrected chi connectivity index (χ4v) is 1.52. The Bertz CT molecular complexity index is 184. The zero-order chi connectivity index (χ0) is 8.97. The molecule has 2 heteroatoms. The molecular weight excluding hydrogens is 152 g/mol. The van der Waals surface area contributed by atoms with E-state index in [-0.39, 0.29) is 11.9 Å². The van der Waals surface area contributed by atoms with Crippen LogP contribution in [-0.2, 0) is 9.53 Å². The van der Waals surface area contributed by atoms with E-state index in [0.717, 1.165) is 12.8 Å². The molecule has 68 valence electrons. The average Bonchev–Trinajstić information content (AvgIpc) is 2.55. The van der Waals surface area contributed by atoms with Crippen LogP contribution in [0.5, 0.6) is 0 Å². The van der Waals surface area contributed by atoms with E-state index in [4.69, 9.17) is 4.74 Å². The molecule has 0 aromatic carbocycles. The highest BCUT2D eigenvalue weighted by molar-refractivity contribution is 5.72. The van der Waals surface area contributed by atoms with Crippen molar-refractivity contribution in [2.24, 2.45) is 11.8 Å². The molecule has 0 aromatic heterocycles. The van der Waals surface area contributed by atoms with Crippen LogP contribution in [0, 0.1) is 11.8 Å². The molecule has 0 heterocycles. The van der Waals surface area contributed by atoms with E-state index in [9.17, 15) is 4.79 Å². The normalized spacial score (nSPS) is 24.0. The lowest BCUT2D eigenvalue weighted by Gasteiger charge is -2.15. The van der Waals surface area contributed by atoms with Crippen molar-refractivity contribution >= 4 is 5.97 Å². The maximum Gasteiger partial charge on any atom is 0.309 e. The Morgan fingerprint density at radius 3 is 3.00 bits per heavy atom. The fraction of sp³-hybridized carbons (Fsp3) is 0.700. The Kier molecular flexibility index (Phi) is 3.32. The summed E-state index contributed by atoms with van der Waals surface area (Å²) in [6.07, 6.45) is 6.47. The van der Waals surface area contributed by atoms with Gasteiger partial charge in [0.05, 0.1) is 12.5 Å². The van der Waals surface area contributed by atoms with E-state index in [0.29, 0.717) is 12.5 Å². The van der Waals surface area contributed by atoms with Crippen molar-refractivity contribution in [2.75, 3.05) is 6.61 Å². The molecule has 1 aliphatic rings. The van der Waals surface area contributed by atoms with E-state index < -0.39 is 0 Å². The molecule has 12 heavy (non-hydrogen) atoms. The predicted molar refractivity (Wildman–Crippen MR) is 47.7 cm³/mol. The molecule has 0 aliphatic heterocycles. The molecule has 2 unspecified atom stereocenters. The molecule has 0 bridgehead atoms. The number of ether oxygens (including phenoxy) is 1. The van der Waals surface area contributed by atoms with Crippen LogP contribution in [0.2, 0.25) is 0 Å². The minimum atomic E-state index is -0.0611. The number of allylic oxidation sites excluding steroid dienone is 2. The quantitative estimate of drug-likeness (QED) is 0.477. The minimum Gasteiger partial charge on any atom is -0.466 e. The molecule has 0 aromatic rings. The predicted octanol–water partition coefficient (Wildman–Crippen LogP) is 2.15. The number of carbonyl (C=O) groups excluding carboxylic acids is 1. The van der Waals surface area contributed by atoms with Crippen LogP contribution in [0.15, 0.2) is 12.2 Å². The largest absolute Gasteiger partial charge is 0.466 e. The summed E-state index contributed by atoms with van der Waals surface area (Å²) in [7, 11) is 0. The molecule has 2 atom stereocenters. The lowest BCUT2D eigenvalue weighted by Crippen LogP contribution is -2.20. The summed E-state index contributed by atoms with van der Waals surface area (Å²) in [6, 6.07) is 0. The lowest BCUT2D eigenvalue weighted by molar-refractivity contribution is -0.148. The van der Waals surface area contributed by atoms with Crippen LogP contribution in [-0.4, -0.2) is 12.6 Å². The summed E-state index contributed by atoms with van der Waals surface area (Å²) in [5, 5.41) is 0. The third-order valence-corrected chi connectivity index (χ3v) is 2.35. The van der Waals surface area contributed by atoms with Gasteiger partial charge in [-0.1, -0.05) is 19.1 Å². The number of hydrogen-bond donors (Lipinski definition) is 0. The number of hydrogen-bond acceptors (Lipinski definition) is 2. The van der Waals surface area contributed by atoms with Crippen LogP contribution in [0.25, 0.3) is 0 Å². The smallest absolute Gasteiger partial charge is 0.309 e. The standard InChI is InChI=1S/C10H16O2/c1-3-12-10(11)8(2)9-6-4-5-7-9/h4,6,8-9H,3,5,7H2,1-2H3. The Morgan fingerprint density at radius 2 is 2.50 bits per heavy atom. The zero-order valence-electron chi connectivity index (χ0n) is 7.75. The molecule has 2 nitrogen and oxygen atoms in total. The maximum absolute atomic E-state index is 11.3. The number of carbonyl (C=O) groups is 1. The van der Waals surface area contributed by atoms with Gasteiger partial charge in [-0.25, -0.2) is 0 Å². The first-order valence-corrected chi connectivity index (χ1v) is 4.59. The maximum atomic E-state index is 11.3. The second kappa shape index (κ2) is 4.29. The monoisotopic (exact) mass is 168 g/mol. The SMILES string of the molecule is CCOC(=O)C(C)C1C=CCC1. The van der Waals surface area contributed by atoms with Crippen molar-refractivity contribution in [3.8, 4) is 0 Å². The summed E-state index contributed by atoms with van der Waals surface area (Å²) in [5.74, 6) is 0.377. The van der Waals surface area contributed by atoms with Gasteiger partial charge < -0.3 is 4.74 Å². The topological polar surface area (TPSA) is 26.3 Å². The molecule has 0 saturated carbocycles. The second-order valence-corrected chi connectivity index (χ2v) is 3.21.